The maximum atomic E-state index is 12.4. The SMILES string of the molecule is CCC(CC)(CNC(=O)C1CCC(N)C1)c1ccc(Cl)cc1.Cl. The van der Waals surface area contributed by atoms with Gasteiger partial charge in [-0.25, -0.2) is 0 Å². The van der Waals surface area contributed by atoms with Crippen LogP contribution in [0.2, 0.25) is 5.02 Å². The highest BCUT2D eigenvalue weighted by atomic mass is 35.5. The molecule has 23 heavy (non-hydrogen) atoms. The van der Waals surface area contributed by atoms with Crippen LogP contribution in [0.15, 0.2) is 24.3 Å². The van der Waals surface area contributed by atoms with Gasteiger partial charge in [-0.1, -0.05) is 37.6 Å². The number of amides is 1. The lowest BCUT2D eigenvalue weighted by Gasteiger charge is -2.33. The van der Waals surface area contributed by atoms with E-state index in [1.807, 2.05) is 12.1 Å². The predicted molar refractivity (Wildman–Crippen MR) is 99.3 cm³/mol. The molecule has 5 heteroatoms. The van der Waals surface area contributed by atoms with Crippen LogP contribution >= 0.6 is 24.0 Å². The van der Waals surface area contributed by atoms with Crippen molar-refractivity contribution in [1.82, 2.24) is 5.32 Å². The summed E-state index contributed by atoms with van der Waals surface area (Å²) in [6.07, 6.45) is 4.66. The van der Waals surface area contributed by atoms with E-state index in [1.165, 1.54) is 5.56 Å². The molecule has 2 atom stereocenters. The van der Waals surface area contributed by atoms with Crippen molar-refractivity contribution in [3.8, 4) is 0 Å². The van der Waals surface area contributed by atoms with Crippen LogP contribution in [-0.2, 0) is 10.2 Å². The Balaban J connectivity index is 0.00000264. The molecule has 1 amide bonds. The van der Waals surface area contributed by atoms with Gasteiger partial charge in [0.2, 0.25) is 5.91 Å². The van der Waals surface area contributed by atoms with E-state index in [2.05, 4.69) is 31.3 Å². The van der Waals surface area contributed by atoms with Gasteiger partial charge in [-0.15, -0.1) is 12.4 Å². The molecule has 0 spiro atoms. The molecule has 1 aromatic carbocycles. The van der Waals surface area contributed by atoms with Crippen LogP contribution in [0.4, 0.5) is 0 Å². The van der Waals surface area contributed by atoms with E-state index in [0.717, 1.165) is 37.1 Å². The van der Waals surface area contributed by atoms with Gasteiger partial charge in [0.15, 0.2) is 0 Å². The van der Waals surface area contributed by atoms with Gasteiger partial charge in [-0.2, -0.15) is 0 Å². The Kier molecular flexibility index (Phi) is 7.85. The molecule has 0 saturated heterocycles. The highest BCUT2D eigenvalue weighted by Crippen LogP contribution is 2.32. The molecule has 130 valence electrons. The zero-order chi connectivity index (χ0) is 16.2. The van der Waals surface area contributed by atoms with Gasteiger partial charge in [-0.3, -0.25) is 4.79 Å². The van der Waals surface area contributed by atoms with Crippen LogP contribution in [0.1, 0.15) is 51.5 Å². The first-order valence-corrected chi connectivity index (χ1v) is 8.68. The molecule has 0 heterocycles. The normalized spacial score (nSPS) is 20.9. The topological polar surface area (TPSA) is 55.1 Å². The fourth-order valence-electron chi connectivity index (χ4n) is 3.47. The lowest BCUT2D eigenvalue weighted by Crippen LogP contribution is -2.42. The number of nitrogens with one attached hydrogen (secondary N) is 1. The molecular weight excluding hydrogens is 331 g/mol. The summed E-state index contributed by atoms with van der Waals surface area (Å²) in [6.45, 7) is 5.03. The van der Waals surface area contributed by atoms with E-state index < -0.39 is 0 Å². The van der Waals surface area contributed by atoms with Crippen LogP contribution < -0.4 is 11.1 Å². The molecule has 0 aromatic heterocycles. The first-order chi connectivity index (χ1) is 10.5. The number of hydrogen-bond acceptors (Lipinski definition) is 2. The van der Waals surface area contributed by atoms with Gasteiger partial charge in [0, 0.05) is 28.9 Å². The predicted octanol–water partition coefficient (Wildman–Crippen LogP) is 4.06. The molecule has 1 fully saturated rings. The number of rotatable bonds is 6. The summed E-state index contributed by atoms with van der Waals surface area (Å²) in [5.41, 5.74) is 7.12. The Hall–Kier alpha value is -0.770. The maximum absolute atomic E-state index is 12.4. The van der Waals surface area contributed by atoms with Crippen LogP contribution in [0, 0.1) is 5.92 Å². The molecule has 2 unspecified atom stereocenters. The minimum atomic E-state index is -0.0268. The molecule has 3 N–H and O–H groups in total. The maximum Gasteiger partial charge on any atom is 0.223 e. The van der Waals surface area contributed by atoms with Crippen molar-refractivity contribution < 1.29 is 4.79 Å². The van der Waals surface area contributed by atoms with E-state index in [1.54, 1.807) is 0 Å². The lowest BCUT2D eigenvalue weighted by molar-refractivity contribution is -0.125. The third kappa shape index (κ3) is 4.85. The van der Waals surface area contributed by atoms with Crippen molar-refractivity contribution in [2.24, 2.45) is 11.7 Å². The summed E-state index contributed by atoms with van der Waals surface area (Å²) in [5, 5.41) is 3.92. The number of benzene rings is 1. The average Bonchev–Trinajstić information content (AvgIpc) is 2.96. The first kappa shape index (κ1) is 20.3. The second kappa shape index (κ2) is 8.91. The quantitative estimate of drug-likeness (QED) is 0.805. The monoisotopic (exact) mass is 358 g/mol. The van der Waals surface area contributed by atoms with Crippen LogP contribution in [-0.4, -0.2) is 18.5 Å². The fraction of sp³-hybridized carbons (Fsp3) is 0.611. The summed E-state index contributed by atoms with van der Waals surface area (Å²) < 4.78 is 0. The molecule has 0 bridgehead atoms. The summed E-state index contributed by atoms with van der Waals surface area (Å²) in [5.74, 6) is 0.250. The van der Waals surface area contributed by atoms with E-state index in [4.69, 9.17) is 17.3 Å². The lowest BCUT2D eigenvalue weighted by atomic mass is 9.75. The second-order valence-corrected chi connectivity index (χ2v) is 6.92. The Labute approximate surface area is 150 Å². The Morgan fingerprint density at radius 3 is 2.35 bits per heavy atom. The zero-order valence-electron chi connectivity index (χ0n) is 14.0. The molecule has 2 rings (SSSR count). The van der Waals surface area contributed by atoms with Gasteiger partial charge in [-0.05, 0) is 49.8 Å². The van der Waals surface area contributed by atoms with Crippen molar-refractivity contribution in [3.63, 3.8) is 0 Å². The van der Waals surface area contributed by atoms with Gasteiger partial charge in [0.05, 0.1) is 0 Å². The number of halogens is 2. The van der Waals surface area contributed by atoms with Gasteiger partial charge >= 0.3 is 0 Å². The van der Waals surface area contributed by atoms with Gasteiger partial charge in [0.25, 0.3) is 0 Å². The van der Waals surface area contributed by atoms with E-state index >= 15 is 0 Å². The average molecular weight is 359 g/mol. The first-order valence-electron chi connectivity index (χ1n) is 8.30. The number of carbonyl (C=O) groups excluding carboxylic acids is 1. The van der Waals surface area contributed by atoms with Gasteiger partial charge in [0.1, 0.15) is 0 Å². The molecule has 1 aliphatic carbocycles. The highest BCUT2D eigenvalue weighted by molar-refractivity contribution is 6.30. The van der Waals surface area contributed by atoms with E-state index in [9.17, 15) is 4.79 Å². The molecule has 3 nitrogen and oxygen atoms in total. The Bertz CT molecular complexity index is 500. The van der Waals surface area contributed by atoms with E-state index in [-0.39, 0.29) is 35.7 Å². The van der Waals surface area contributed by atoms with Crippen molar-refractivity contribution >= 4 is 29.9 Å². The number of hydrogen-bond donors (Lipinski definition) is 2. The van der Waals surface area contributed by atoms with Crippen molar-refractivity contribution in [3.05, 3.63) is 34.9 Å². The highest BCUT2D eigenvalue weighted by Gasteiger charge is 2.32. The standard InChI is InChI=1S/C18H27ClN2O.ClH/c1-3-18(4-2,14-6-8-15(19)9-7-14)12-21-17(22)13-5-10-16(20)11-13;/h6-9,13,16H,3-5,10-12,20H2,1-2H3,(H,21,22);1H. The Morgan fingerprint density at radius 1 is 1.26 bits per heavy atom. The van der Waals surface area contributed by atoms with Crippen LogP contribution in [0.3, 0.4) is 0 Å². The third-order valence-electron chi connectivity index (χ3n) is 5.26. The largest absolute Gasteiger partial charge is 0.355 e. The number of nitrogens with two attached hydrogens (primary N) is 1. The molecule has 1 saturated carbocycles. The van der Waals surface area contributed by atoms with E-state index in [0.29, 0.717) is 6.54 Å². The van der Waals surface area contributed by atoms with Crippen LogP contribution in [0.5, 0.6) is 0 Å². The second-order valence-electron chi connectivity index (χ2n) is 6.48. The van der Waals surface area contributed by atoms with Crippen molar-refractivity contribution in [2.75, 3.05) is 6.54 Å². The van der Waals surface area contributed by atoms with Crippen molar-refractivity contribution in [1.29, 1.82) is 0 Å². The third-order valence-corrected chi connectivity index (χ3v) is 5.51. The van der Waals surface area contributed by atoms with Gasteiger partial charge < -0.3 is 11.1 Å². The summed E-state index contributed by atoms with van der Waals surface area (Å²) in [7, 11) is 0. The van der Waals surface area contributed by atoms with Crippen molar-refractivity contribution in [2.45, 2.75) is 57.4 Å². The fourth-order valence-corrected chi connectivity index (χ4v) is 3.59. The number of carbonyl (C=O) groups is 1. The summed E-state index contributed by atoms with van der Waals surface area (Å²) in [6, 6.07) is 8.19. The molecule has 1 aromatic rings. The Morgan fingerprint density at radius 2 is 1.87 bits per heavy atom. The molecular formula is C18H28Cl2N2O. The zero-order valence-corrected chi connectivity index (χ0v) is 15.6. The van der Waals surface area contributed by atoms with Crippen LogP contribution in [0.25, 0.3) is 0 Å². The molecule has 1 aliphatic rings. The summed E-state index contributed by atoms with van der Waals surface area (Å²) >= 11 is 5.99. The minimum Gasteiger partial charge on any atom is -0.355 e. The molecule has 0 radical (unpaired) electrons. The molecule has 0 aliphatic heterocycles. The summed E-state index contributed by atoms with van der Waals surface area (Å²) in [4.78, 5) is 12.4. The minimum absolute atomic E-state index is 0. The smallest absolute Gasteiger partial charge is 0.223 e.